The Morgan fingerprint density at radius 1 is 1.73 bits per heavy atom. The maximum absolute atomic E-state index is 11.4. The average Bonchev–Trinajstić information content (AvgIpc) is 2.51. The number of rotatable bonds is 4. The Balaban J connectivity index is 2.50. The number of amides is 1. The van der Waals surface area contributed by atoms with Crippen LogP contribution in [0.1, 0.15) is 20.3 Å². The number of nitrogens with one attached hydrogen (secondary N) is 1. The van der Waals surface area contributed by atoms with Gasteiger partial charge in [-0.3, -0.25) is 9.48 Å². The lowest BCUT2D eigenvalue weighted by Crippen LogP contribution is -2.14. The van der Waals surface area contributed by atoms with Gasteiger partial charge in [0, 0.05) is 18.7 Å². The third-order valence-electron chi connectivity index (χ3n) is 1.73. The van der Waals surface area contributed by atoms with Crippen LogP contribution in [-0.2, 0) is 11.3 Å². The zero-order chi connectivity index (χ0) is 11.3. The first-order chi connectivity index (χ1) is 7.11. The monoisotopic (exact) mass is 206 g/mol. The molecule has 1 aromatic rings. The Morgan fingerprint density at radius 2 is 2.47 bits per heavy atom. The summed E-state index contributed by atoms with van der Waals surface area (Å²) in [6.07, 6.45) is 2.14. The number of carbonyl (C=O) groups is 1. The van der Waals surface area contributed by atoms with E-state index >= 15 is 0 Å². The van der Waals surface area contributed by atoms with Crippen molar-refractivity contribution in [3.8, 4) is 6.07 Å². The van der Waals surface area contributed by atoms with Crippen molar-refractivity contribution >= 4 is 11.7 Å². The summed E-state index contributed by atoms with van der Waals surface area (Å²) in [4.78, 5) is 11.4. The Morgan fingerprint density at radius 3 is 3.07 bits per heavy atom. The van der Waals surface area contributed by atoms with Crippen molar-refractivity contribution in [1.82, 2.24) is 9.78 Å². The number of aromatic nitrogens is 2. The molecule has 0 unspecified atom stereocenters. The topological polar surface area (TPSA) is 70.7 Å². The molecule has 5 heteroatoms. The summed E-state index contributed by atoms with van der Waals surface area (Å²) in [5.74, 6) is 0.773. The van der Waals surface area contributed by atoms with Crippen LogP contribution in [-0.4, -0.2) is 15.7 Å². The molecule has 0 saturated heterocycles. The number of anilines is 1. The first-order valence-electron chi connectivity index (χ1n) is 4.82. The van der Waals surface area contributed by atoms with Gasteiger partial charge in [0.1, 0.15) is 6.54 Å². The molecule has 0 spiro atoms. The molecule has 0 atom stereocenters. The molecule has 0 radical (unpaired) electrons. The standard InChI is InChI=1S/C10H14N4O/c1-8(2)7-10(15)12-9-3-5-14(13-9)6-4-11/h3,5,8H,6-7H2,1-2H3,(H,12,13,15). The first-order valence-corrected chi connectivity index (χ1v) is 4.82. The number of hydrogen-bond donors (Lipinski definition) is 1. The highest BCUT2D eigenvalue weighted by molar-refractivity contribution is 5.89. The van der Waals surface area contributed by atoms with E-state index in [2.05, 4.69) is 10.4 Å². The Bertz CT molecular complexity index is 375. The van der Waals surface area contributed by atoms with Crippen LogP contribution in [0.2, 0.25) is 0 Å². The number of hydrogen-bond acceptors (Lipinski definition) is 3. The summed E-state index contributed by atoms with van der Waals surface area (Å²) in [5.41, 5.74) is 0. The summed E-state index contributed by atoms with van der Waals surface area (Å²) in [6, 6.07) is 3.65. The highest BCUT2D eigenvalue weighted by Gasteiger charge is 2.06. The van der Waals surface area contributed by atoms with Crippen molar-refractivity contribution in [2.45, 2.75) is 26.8 Å². The minimum absolute atomic E-state index is 0.0489. The lowest BCUT2D eigenvalue weighted by Gasteiger charge is -2.03. The van der Waals surface area contributed by atoms with E-state index in [4.69, 9.17) is 5.26 Å². The van der Waals surface area contributed by atoms with Crippen LogP contribution >= 0.6 is 0 Å². The van der Waals surface area contributed by atoms with Gasteiger partial charge in [-0.1, -0.05) is 13.8 Å². The molecule has 0 aliphatic carbocycles. The van der Waals surface area contributed by atoms with Gasteiger partial charge in [0.05, 0.1) is 6.07 Å². The normalized spacial score (nSPS) is 10.0. The molecule has 0 aliphatic rings. The molecule has 5 nitrogen and oxygen atoms in total. The Hall–Kier alpha value is -1.83. The lowest BCUT2D eigenvalue weighted by molar-refractivity contribution is -0.116. The highest BCUT2D eigenvalue weighted by Crippen LogP contribution is 2.05. The average molecular weight is 206 g/mol. The summed E-state index contributed by atoms with van der Waals surface area (Å²) in [5, 5.41) is 15.1. The Labute approximate surface area is 88.7 Å². The summed E-state index contributed by atoms with van der Waals surface area (Å²) >= 11 is 0. The fourth-order valence-electron chi connectivity index (χ4n) is 1.15. The van der Waals surface area contributed by atoms with Crippen molar-refractivity contribution in [2.24, 2.45) is 5.92 Å². The van der Waals surface area contributed by atoms with E-state index < -0.39 is 0 Å². The smallest absolute Gasteiger partial charge is 0.225 e. The molecule has 0 aliphatic heterocycles. The van der Waals surface area contributed by atoms with Gasteiger partial charge < -0.3 is 5.32 Å². The van der Waals surface area contributed by atoms with E-state index in [1.807, 2.05) is 19.9 Å². The van der Waals surface area contributed by atoms with Crippen LogP contribution in [0, 0.1) is 17.2 Å². The van der Waals surface area contributed by atoms with Crippen LogP contribution in [0.25, 0.3) is 0 Å². The number of nitrogens with zero attached hydrogens (tertiary/aromatic N) is 3. The van der Waals surface area contributed by atoms with Gasteiger partial charge in [0.25, 0.3) is 0 Å². The van der Waals surface area contributed by atoms with Gasteiger partial charge in [-0.25, -0.2) is 0 Å². The fraction of sp³-hybridized carbons (Fsp3) is 0.500. The third kappa shape index (κ3) is 3.81. The van der Waals surface area contributed by atoms with E-state index in [1.54, 1.807) is 12.3 Å². The maximum Gasteiger partial charge on any atom is 0.225 e. The molecule has 1 aromatic heterocycles. The lowest BCUT2D eigenvalue weighted by atomic mass is 10.1. The summed E-state index contributed by atoms with van der Waals surface area (Å²) in [6.45, 7) is 4.15. The second-order valence-corrected chi connectivity index (χ2v) is 3.70. The predicted molar refractivity (Wildman–Crippen MR) is 55.9 cm³/mol. The molecular weight excluding hydrogens is 192 g/mol. The highest BCUT2D eigenvalue weighted by atomic mass is 16.1. The molecule has 0 saturated carbocycles. The molecule has 0 fully saturated rings. The molecular formula is C10H14N4O. The minimum Gasteiger partial charge on any atom is -0.309 e. The van der Waals surface area contributed by atoms with Crippen molar-refractivity contribution in [3.63, 3.8) is 0 Å². The fourth-order valence-corrected chi connectivity index (χ4v) is 1.15. The predicted octanol–water partition coefficient (Wildman–Crippen LogP) is 1.39. The van der Waals surface area contributed by atoms with Crippen LogP contribution in [0.4, 0.5) is 5.82 Å². The van der Waals surface area contributed by atoms with Gasteiger partial charge in [-0.15, -0.1) is 0 Å². The molecule has 0 aromatic carbocycles. The van der Waals surface area contributed by atoms with E-state index in [1.165, 1.54) is 4.68 Å². The molecule has 1 heterocycles. The number of carbonyl (C=O) groups excluding carboxylic acids is 1. The Kier molecular flexibility index (Phi) is 3.86. The zero-order valence-corrected chi connectivity index (χ0v) is 8.90. The molecule has 1 amide bonds. The van der Waals surface area contributed by atoms with Gasteiger partial charge in [-0.05, 0) is 5.92 Å². The van der Waals surface area contributed by atoms with Crippen LogP contribution < -0.4 is 5.32 Å². The van der Waals surface area contributed by atoms with Crippen molar-refractivity contribution in [1.29, 1.82) is 5.26 Å². The quantitative estimate of drug-likeness (QED) is 0.809. The first kappa shape index (κ1) is 11.2. The molecule has 1 rings (SSSR count). The van der Waals surface area contributed by atoms with Crippen molar-refractivity contribution < 1.29 is 4.79 Å². The van der Waals surface area contributed by atoms with Crippen LogP contribution in [0.15, 0.2) is 12.3 Å². The van der Waals surface area contributed by atoms with E-state index in [0.29, 0.717) is 18.2 Å². The zero-order valence-electron chi connectivity index (χ0n) is 8.90. The second-order valence-electron chi connectivity index (χ2n) is 3.70. The van der Waals surface area contributed by atoms with E-state index in [0.717, 1.165) is 0 Å². The van der Waals surface area contributed by atoms with E-state index in [9.17, 15) is 4.79 Å². The van der Waals surface area contributed by atoms with Crippen LogP contribution in [0.3, 0.4) is 0 Å². The molecule has 15 heavy (non-hydrogen) atoms. The molecule has 1 N–H and O–H groups in total. The van der Waals surface area contributed by atoms with Crippen LogP contribution in [0.5, 0.6) is 0 Å². The summed E-state index contributed by atoms with van der Waals surface area (Å²) in [7, 11) is 0. The SMILES string of the molecule is CC(C)CC(=O)Nc1ccn(CC#N)n1. The van der Waals surface area contributed by atoms with Crippen molar-refractivity contribution in [3.05, 3.63) is 12.3 Å². The second kappa shape index (κ2) is 5.15. The molecule has 0 bridgehead atoms. The number of nitriles is 1. The van der Waals surface area contributed by atoms with Crippen molar-refractivity contribution in [2.75, 3.05) is 5.32 Å². The molecule has 80 valence electrons. The van der Waals surface area contributed by atoms with Gasteiger partial charge in [-0.2, -0.15) is 10.4 Å². The third-order valence-corrected chi connectivity index (χ3v) is 1.73. The van der Waals surface area contributed by atoms with E-state index in [-0.39, 0.29) is 12.5 Å². The maximum atomic E-state index is 11.4. The largest absolute Gasteiger partial charge is 0.309 e. The summed E-state index contributed by atoms with van der Waals surface area (Å²) < 4.78 is 1.48. The minimum atomic E-state index is -0.0489. The van der Waals surface area contributed by atoms with Gasteiger partial charge in [0.15, 0.2) is 5.82 Å². The van der Waals surface area contributed by atoms with Gasteiger partial charge in [0.2, 0.25) is 5.91 Å². The van der Waals surface area contributed by atoms with Gasteiger partial charge >= 0.3 is 0 Å².